The molecule has 5 nitrogen and oxygen atoms in total. The number of ether oxygens (including phenoxy) is 1. The number of amides is 1. The van der Waals surface area contributed by atoms with Gasteiger partial charge in [-0.1, -0.05) is 30.3 Å². The summed E-state index contributed by atoms with van der Waals surface area (Å²) in [7, 11) is 2.00. The zero-order valence-corrected chi connectivity index (χ0v) is 13.3. The summed E-state index contributed by atoms with van der Waals surface area (Å²) in [4.78, 5) is 16.1. The molecule has 5 heteroatoms. The molecule has 1 amide bonds. The molecule has 1 aromatic carbocycles. The molecule has 122 valence electrons. The van der Waals surface area contributed by atoms with Gasteiger partial charge >= 0.3 is 6.09 Å². The Morgan fingerprint density at radius 3 is 2.91 bits per heavy atom. The van der Waals surface area contributed by atoms with Gasteiger partial charge in [-0.15, -0.1) is 0 Å². The second kappa shape index (κ2) is 8.76. The molecule has 0 aliphatic carbocycles. The van der Waals surface area contributed by atoms with Crippen LogP contribution in [0.15, 0.2) is 30.3 Å². The second-order valence-corrected chi connectivity index (χ2v) is 5.98. The van der Waals surface area contributed by atoms with Gasteiger partial charge in [-0.2, -0.15) is 0 Å². The van der Waals surface area contributed by atoms with Crippen molar-refractivity contribution in [2.24, 2.45) is 5.92 Å². The molecule has 1 unspecified atom stereocenters. The average molecular weight is 306 g/mol. The molecule has 1 aliphatic heterocycles. The summed E-state index contributed by atoms with van der Waals surface area (Å²) in [5, 5.41) is 8.96. The van der Waals surface area contributed by atoms with Gasteiger partial charge in [-0.25, -0.2) is 4.79 Å². The molecule has 0 radical (unpaired) electrons. The number of likely N-dealkylation sites (tertiary alicyclic amines) is 1. The van der Waals surface area contributed by atoms with Crippen molar-refractivity contribution in [1.82, 2.24) is 9.80 Å². The number of hydrogen-bond donors (Lipinski definition) is 1. The molecule has 1 N–H and O–H groups in total. The summed E-state index contributed by atoms with van der Waals surface area (Å²) in [6, 6.07) is 9.74. The highest BCUT2D eigenvalue weighted by Gasteiger charge is 2.25. The van der Waals surface area contributed by atoms with Crippen LogP contribution in [0.2, 0.25) is 0 Å². The van der Waals surface area contributed by atoms with Gasteiger partial charge in [-0.3, -0.25) is 0 Å². The van der Waals surface area contributed by atoms with Gasteiger partial charge in [0.1, 0.15) is 6.61 Å². The van der Waals surface area contributed by atoms with Crippen LogP contribution in [-0.4, -0.2) is 60.8 Å². The maximum Gasteiger partial charge on any atom is 0.410 e. The number of carbonyl (C=O) groups excluding carboxylic acids is 1. The van der Waals surface area contributed by atoms with Gasteiger partial charge in [0, 0.05) is 26.2 Å². The van der Waals surface area contributed by atoms with Crippen LogP contribution < -0.4 is 0 Å². The monoisotopic (exact) mass is 306 g/mol. The largest absolute Gasteiger partial charge is 0.445 e. The first kappa shape index (κ1) is 16.8. The SMILES string of the molecule is CN(CCO)CC1CCCN(C(=O)OCc2ccccc2)C1. The summed E-state index contributed by atoms with van der Waals surface area (Å²) in [5.41, 5.74) is 1.01. The molecule has 1 saturated heterocycles. The lowest BCUT2D eigenvalue weighted by molar-refractivity contribution is 0.0728. The van der Waals surface area contributed by atoms with Crippen molar-refractivity contribution in [2.75, 3.05) is 39.8 Å². The maximum absolute atomic E-state index is 12.2. The van der Waals surface area contributed by atoms with E-state index in [9.17, 15) is 4.79 Å². The van der Waals surface area contributed by atoms with E-state index in [1.165, 1.54) is 0 Å². The number of nitrogens with zero attached hydrogens (tertiary/aromatic N) is 2. The van der Waals surface area contributed by atoms with Crippen molar-refractivity contribution in [3.8, 4) is 0 Å². The lowest BCUT2D eigenvalue weighted by atomic mass is 9.98. The predicted molar refractivity (Wildman–Crippen MR) is 85.5 cm³/mol. The minimum absolute atomic E-state index is 0.173. The van der Waals surface area contributed by atoms with E-state index < -0.39 is 0 Å². The van der Waals surface area contributed by atoms with E-state index >= 15 is 0 Å². The molecule has 1 fully saturated rings. The number of piperidine rings is 1. The van der Waals surface area contributed by atoms with E-state index in [4.69, 9.17) is 9.84 Å². The normalized spacial score (nSPS) is 18.5. The molecule has 22 heavy (non-hydrogen) atoms. The topological polar surface area (TPSA) is 53.0 Å². The Balaban J connectivity index is 1.77. The van der Waals surface area contributed by atoms with E-state index in [1.807, 2.05) is 42.3 Å². The fourth-order valence-electron chi connectivity index (χ4n) is 2.89. The van der Waals surface area contributed by atoms with Crippen LogP contribution in [0.25, 0.3) is 0 Å². The van der Waals surface area contributed by atoms with Gasteiger partial charge in [-0.05, 0) is 31.4 Å². The summed E-state index contributed by atoms with van der Waals surface area (Å²) >= 11 is 0. The van der Waals surface area contributed by atoms with Crippen molar-refractivity contribution in [3.63, 3.8) is 0 Å². The van der Waals surface area contributed by atoms with E-state index in [0.717, 1.165) is 38.0 Å². The quantitative estimate of drug-likeness (QED) is 0.873. The highest BCUT2D eigenvalue weighted by atomic mass is 16.6. The zero-order valence-electron chi connectivity index (χ0n) is 13.3. The highest BCUT2D eigenvalue weighted by molar-refractivity contribution is 5.67. The Bertz CT molecular complexity index is 452. The van der Waals surface area contributed by atoms with E-state index in [-0.39, 0.29) is 12.7 Å². The van der Waals surface area contributed by atoms with Crippen LogP contribution in [0.3, 0.4) is 0 Å². The summed E-state index contributed by atoms with van der Waals surface area (Å²) in [6.07, 6.45) is 1.91. The molecule has 0 spiro atoms. The standard InChI is InChI=1S/C17H26N2O3/c1-18(10-11-20)12-16-8-5-9-19(13-16)17(21)22-14-15-6-3-2-4-7-15/h2-4,6-7,16,20H,5,8-14H2,1H3. The van der Waals surface area contributed by atoms with Crippen molar-refractivity contribution in [1.29, 1.82) is 0 Å². The van der Waals surface area contributed by atoms with Crippen molar-refractivity contribution >= 4 is 6.09 Å². The van der Waals surface area contributed by atoms with Crippen LogP contribution in [0.4, 0.5) is 4.79 Å². The van der Waals surface area contributed by atoms with Gasteiger partial charge in [0.25, 0.3) is 0 Å². The van der Waals surface area contributed by atoms with E-state index in [1.54, 1.807) is 0 Å². The molecular formula is C17H26N2O3. The third-order valence-electron chi connectivity index (χ3n) is 4.03. The van der Waals surface area contributed by atoms with E-state index in [2.05, 4.69) is 4.90 Å². The number of rotatable bonds is 6. The fourth-order valence-corrected chi connectivity index (χ4v) is 2.89. The molecule has 1 aliphatic rings. The lowest BCUT2D eigenvalue weighted by Crippen LogP contribution is -2.43. The van der Waals surface area contributed by atoms with Crippen LogP contribution in [0, 0.1) is 5.92 Å². The number of aliphatic hydroxyl groups excluding tert-OH is 1. The van der Waals surface area contributed by atoms with Crippen LogP contribution in [0.5, 0.6) is 0 Å². The average Bonchev–Trinajstić information content (AvgIpc) is 2.54. The zero-order chi connectivity index (χ0) is 15.8. The van der Waals surface area contributed by atoms with Gasteiger partial charge in [0.2, 0.25) is 0 Å². The summed E-state index contributed by atoms with van der Waals surface area (Å²) in [5.74, 6) is 0.453. The minimum Gasteiger partial charge on any atom is -0.445 e. The Hall–Kier alpha value is -1.59. The van der Waals surface area contributed by atoms with Gasteiger partial charge < -0.3 is 19.6 Å². The number of likely N-dealkylation sites (N-methyl/N-ethyl adjacent to an activating group) is 1. The maximum atomic E-state index is 12.2. The van der Waals surface area contributed by atoms with Gasteiger partial charge in [0.15, 0.2) is 0 Å². The Kier molecular flexibility index (Phi) is 6.68. The van der Waals surface area contributed by atoms with Crippen LogP contribution in [-0.2, 0) is 11.3 Å². The van der Waals surface area contributed by atoms with Crippen molar-refractivity contribution < 1.29 is 14.6 Å². The molecule has 1 aromatic rings. The van der Waals surface area contributed by atoms with Crippen molar-refractivity contribution in [2.45, 2.75) is 19.4 Å². The van der Waals surface area contributed by atoms with Crippen LogP contribution in [0.1, 0.15) is 18.4 Å². The first-order valence-electron chi connectivity index (χ1n) is 7.94. The molecule has 0 bridgehead atoms. The third kappa shape index (κ3) is 5.31. The predicted octanol–water partition coefficient (Wildman–Crippen LogP) is 1.96. The number of carbonyl (C=O) groups is 1. The second-order valence-electron chi connectivity index (χ2n) is 5.98. The Morgan fingerprint density at radius 2 is 2.18 bits per heavy atom. The van der Waals surface area contributed by atoms with Crippen molar-refractivity contribution in [3.05, 3.63) is 35.9 Å². The number of hydrogen-bond acceptors (Lipinski definition) is 4. The number of benzene rings is 1. The molecule has 0 saturated carbocycles. The lowest BCUT2D eigenvalue weighted by Gasteiger charge is -2.34. The van der Waals surface area contributed by atoms with E-state index in [0.29, 0.717) is 19.1 Å². The Labute approximate surface area is 132 Å². The van der Waals surface area contributed by atoms with Gasteiger partial charge in [0.05, 0.1) is 6.61 Å². The highest BCUT2D eigenvalue weighted by Crippen LogP contribution is 2.18. The summed E-state index contributed by atoms with van der Waals surface area (Å²) in [6.45, 7) is 3.59. The molecular weight excluding hydrogens is 280 g/mol. The molecule has 2 rings (SSSR count). The third-order valence-corrected chi connectivity index (χ3v) is 4.03. The van der Waals surface area contributed by atoms with Crippen LogP contribution >= 0.6 is 0 Å². The molecule has 0 aromatic heterocycles. The molecule has 1 heterocycles. The fraction of sp³-hybridized carbons (Fsp3) is 0.588. The first-order valence-corrected chi connectivity index (χ1v) is 7.94. The Morgan fingerprint density at radius 1 is 1.41 bits per heavy atom. The minimum atomic E-state index is -0.224. The first-order chi connectivity index (χ1) is 10.7. The number of aliphatic hydroxyl groups is 1. The smallest absolute Gasteiger partial charge is 0.410 e. The molecule has 1 atom stereocenters. The summed E-state index contributed by atoms with van der Waals surface area (Å²) < 4.78 is 5.40.